The van der Waals surface area contributed by atoms with Crippen LogP contribution < -0.4 is 0 Å². The zero-order chi connectivity index (χ0) is 28.2. The van der Waals surface area contributed by atoms with Crippen LogP contribution in [-0.2, 0) is 0 Å². The lowest BCUT2D eigenvalue weighted by atomic mass is 9.58. The molecule has 1 atom stereocenters. The second kappa shape index (κ2) is 9.59. The number of carbonyl (C=O) groups is 2. The zero-order valence-corrected chi connectivity index (χ0v) is 24.2. The third kappa shape index (κ3) is 4.29. The Kier molecular flexibility index (Phi) is 6.30. The molecule has 1 aromatic heterocycles. The number of fused-ring (bicyclic) bond motifs is 2. The lowest BCUT2D eigenvalue weighted by Crippen LogP contribution is -2.48. The summed E-state index contributed by atoms with van der Waals surface area (Å²) in [6, 6.07) is 20.3. The van der Waals surface area contributed by atoms with Gasteiger partial charge in [-0.15, -0.1) is 0 Å². The molecule has 0 saturated heterocycles. The van der Waals surface area contributed by atoms with E-state index in [4.69, 9.17) is 4.42 Å². The van der Waals surface area contributed by atoms with Crippen LogP contribution in [0, 0.1) is 10.8 Å². The number of rotatable bonds is 4. The van der Waals surface area contributed by atoms with Crippen LogP contribution in [-0.4, -0.2) is 40.0 Å². The molecule has 0 spiro atoms. The maximum atomic E-state index is 14.0. The minimum absolute atomic E-state index is 0.0507. The van der Waals surface area contributed by atoms with Crippen molar-refractivity contribution in [1.29, 1.82) is 0 Å². The second-order valence-corrected chi connectivity index (χ2v) is 12.2. The van der Waals surface area contributed by atoms with Crippen LogP contribution in [0.5, 0.6) is 0 Å². The first-order chi connectivity index (χ1) is 19.1. The number of aromatic nitrogens is 1. The number of halogens is 1. The Balaban J connectivity index is 1.30. The van der Waals surface area contributed by atoms with Crippen molar-refractivity contribution < 1.29 is 19.1 Å². The maximum absolute atomic E-state index is 14.0. The van der Waals surface area contributed by atoms with E-state index in [0.29, 0.717) is 35.7 Å². The van der Waals surface area contributed by atoms with Crippen LogP contribution in [0.3, 0.4) is 0 Å². The number of nitrogens with zero attached hydrogens (tertiary/aromatic N) is 2. The van der Waals surface area contributed by atoms with Crippen LogP contribution in [0.4, 0.5) is 0 Å². The smallest absolute Gasteiger partial charge is 0.335 e. The van der Waals surface area contributed by atoms with E-state index in [2.05, 4.69) is 53.8 Å². The molecule has 6 rings (SSSR count). The molecule has 2 heterocycles. The number of carboxylic acid groups (broad SMARTS) is 1. The summed E-state index contributed by atoms with van der Waals surface area (Å²) in [4.78, 5) is 31.9. The number of oxazole rings is 1. The molecule has 1 N–H and O–H groups in total. The molecule has 1 amide bonds. The highest BCUT2D eigenvalue weighted by Gasteiger charge is 2.46. The highest BCUT2D eigenvalue weighted by Crippen LogP contribution is 2.55. The minimum atomic E-state index is -0.929. The molecule has 0 bridgehead atoms. The third-order valence-corrected chi connectivity index (χ3v) is 8.94. The van der Waals surface area contributed by atoms with Gasteiger partial charge in [-0.3, -0.25) is 4.79 Å². The number of carbonyl (C=O) groups excluding carboxylic acids is 1. The number of carboxylic acids is 1. The highest BCUT2D eigenvalue weighted by atomic mass is 79.9. The predicted molar refractivity (Wildman–Crippen MR) is 159 cm³/mol. The Morgan fingerprint density at radius 3 is 2.45 bits per heavy atom. The standard InChI is InChI=1S/C33H29BrN2O4/c1-32(2)24(20-11-13-21(14-12-20)31(38)39)15-17-33(3)19-36(18-16-27(32)33)30(37)23-8-5-4-7-22(23)29-35-28-25(34)9-6-10-26(28)40-29/h4-16H,17-19H2,1-3H3,(H,38,39)/t33-/m1/s1. The van der Waals surface area contributed by atoms with E-state index in [1.807, 2.05) is 59.5 Å². The quantitative estimate of drug-likeness (QED) is 0.242. The topological polar surface area (TPSA) is 83.6 Å². The van der Waals surface area contributed by atoms with Gasteiger partial charge in [0, 0.05) is 34.0 Å². The van der Waals surface area contributed by atoms with Crippen molar-refractivity contribution >= 4 is 44.5 Å². The minimum Gasteiger partial charge on any atom is -0.478 e. The molecule has 4 aromatic rings. The molecule has 1 aliphatic carbocycles. The number of aromatic carboxylic acids is 1. The molecule has 0 radical (unpaired) electrons. The van der Waals surface area contributed by atoms with Gasteiger partial charge in [-0.05, 0) is 69.9 Å². The van der Waals surface area contributed by atoms with Crippen LogP contribution in [0.2, 0.25) is 0 Å². The summed E-state index contributed by atoms with van der Waals surface area (Å²) in [7, 11) is 0. The summed E-state index contributed by atoms with van der Waals surface area (Å²) in [6.45, 7) is 7.75. The molecule has 1 aliphatic heterocycles. The zero-order valence-electron chi connectivity index (χ0n) is 22.6. The van der Waals surface area contributed by atoms with Gasteiger partial charge in [0.2, 0.25) is 5.89 Å². The van der Waals surface area contributed by atoms with Crippen LogP contribution >= 0.6 is 15.9 Å². The molecule has 0 saturated carbocycles. The fourth-order valence-electron chi connectivity index (χ4n) is 6.41. The average molecular weight is 598 g/mol. The van der Waals surface area contributed by atoms with Crippen molar-refractivity contribution in [3.8, 4) is 11.5 Å². The number of hydrogen-bond acceptors (Lipinski definition) is 4. The van der Waals surface area contributed by atoms with Crippen molar-refractivity contribution in [2.75, 3.05) is 13.1 Å². The number of para-hydroxylation sites is 1. The van der Waals surface area contributed by atoms with E-state index in [1.165, 1.54) is 11.1 Å². The molecular weight excluding hydrogens is 568 g/mol. The Labute approximate surface area is 241 Å². The van der Waals surface area contributed by atoms with Crippen molar-refractivity contribution in [2.45, 2.75) is 27.2 Å². The highest BCUT2D eigenvalue weighted by molar-refractivity contribution is 9.10. The van der Waals surface area contributed by atoms with Gasteiger partial charge in [0.15, 0.2) is 5.58 Å². The van der Waals surface area contributed by atoms with Crippen molar-refractivity contribution in [3.63, 3.8) is 0 Å². The monoisotopic (exact) mass is 596 g/mol. The lowest BCUT2D eigenvalue weighted by molar-refractivity contribution is 0.0679. The van der Waals surface area contributed by atoms with Crippen LogP contribution in [0.25, 0.3) is 28.1 Å². The summed E-state index contributed by atoms with van der Waals surface area (Å²) in [5.74, 6) is -0.558. The summed E-state index contributed by atoms with van der Waals surface area (Å²) in [5.41, 5.74) is 5.92. The van der Waals surface area contributed by atoms with Crippen molar-refractivity contribution in [3.05, 3.63) is 106 Å². The Morgan fingerprint density at radius 1 is 0.975 bits per heavy atom. The third-order valence-electron chi connectivity index (χ3n) is 8.30. The first-order valence-corrected chi connectivity index (χ1v) is 14.1. The first kappa shape index (κ1) is 26.3. The van der Waals surface area contributed by atoms with Gasteiger partial charge >= 0.3 is 5.97 Å². The van der Waals surface area contributed by atoms with Crippen molar-refractivity contribution in [2.24, 2.45) is 10.8 Å². The molecule has 3 aromatic carbocycles. The normalized spacial score (nSPS) is 20.1. The molecule has 7 heteroatoms. The van der Waals surface area contributed by atoms with Gasteiger partial charge in [0.1, 0.15) is 5.52 Å². The molecule has 0 unspecified atom stereocenters. The molecule has 202 valence electrons. The molecule has 0 fully saturated rings. The molecular formula is C33H29BrN2O4. The molecule has 40 heavy (non-hydrogen) atoms. The van der Waals surface area contributed by atoms with Gasteiger partial charge in [-0.2, -0.15) is 0 Å². The van der Waals surface area contributed by atoms with Gasteiger partial charge in [0.05, 0.1) is 11.1 Å². The number of allylic oxidation sites excluding steroid dienone is 2. The number of amides is 1. The number of benzene rings is 3. The van der Waals surface area contributed by atoms with E-state index in [1.54, 1.807) is 12.1 Å². The molecule has 6 nitrogen and oxygen atoms in total. The van der Waals surface area contributed by atoms with Gasteiger partial charge in [-0.1, -0.05) is 68.8 Å². The summed E-state index contributed by atoms with van der Waals surface area (Å²) in [5, 5.41) is 9.29. The predicted octanol–water partition coefficient (Wildman–Crippen LogP) is 7.86. The fourth-order valence-corrected chi connectivity index (χ4v) is 6.85. The van der Waals surface area contributed by atoms with E-state index < -0.39 is 5.97 Å². The Hall–Kier alpha value is -3.97. The van der Waals surface area contributed by atoms with E-state index >= 15 is 0 Å². The largest absolute Gasteiger partial charge is 0.478 e. The van der Waals surface area contributed by atoms with Gasteiger partial charge in [-0.25, -0.2) is 9.78 Å². The number of hydrogen-bond donors (Lipinski definition) is 1. The van der Waals surface area contributed by atoms with Crippen LogP contribution in [0.15, 0.2) is 93.3 Å². The van der Waals surface area contributed by atoms with Crippen LogP contribution in [0.1, 0.15) is 53.5 Å². The summed E-state index contributed by atoms with van der Waals surface area (Å²) >= 11 is 3.54. The van der Waals surface area contributed by atoms with E-state index in [9.17, 15) is 14.7 Å². The lowest BCUT2D eigenvalue weighted by Gasteiger charge is -2.50. The second-order valence-electron chi connectivity index (χ2n) is 11.3. The summed E-state index contributed by atoms with van der Waals surface area (Å²) in [6.07, 6.45) is 5.24. The Bertz CT molecular complexity index is 1730. The average Bonchev–Trinajstić information content (AvgIpc) is 3.38. The van der Waals surface area contributed by atoms with Gasteiger partial charge < -0.3 is 14.4 Å². The first-order valence-electron chi connectivity index (χ1n) is 13.3. The Morgan fingerprint density at radius 2 is 1.73 bits per heavy atom. The molecule has 2 aliphatic rings. The summed E-state index contributed by atoms with van der Waals surface area (Å²) < 4.78 is 6.90. The fraction of sp³-hybridized carbons (Fsp3) is 0.242. The van der Waals surface area contributed by atoms with Crippen molar-refractivity contribution in [1.82, 2.24) is 9.88 Å². The van der Waals surface area contributed by atoms with E-state index in [0.717, 1.165) is 22.0 Å². The van der Waals surface area contributed by atoms with E-state index in [-0.39, 0.29) is 22.3 Å². The van der Waals surface area contributed by atoms with Gasteiger partial charge in [0.25, 0.3) is 5.91 Å². The SMILES string of the molecule is CC1(C)C(c2ccc(C(=O)O)cc2)=CC[C@]2(C)CN(C(=O)c3ccccc3-c3nc4c(Br)cccc4o3)CC=C12. The maximum Gasteiger partial charge on any atom is 0.335 e.